The van der Waals surface area contributed by atoms with Crippen molar-refractivity contribution >= 4 is 5.97 Å². The van der Waals surface area contributed by atoms with Crippen molar-refractivity contribution in [3.63, 3.8) is 0 Å². The number of hydrogen-bond acceptors (Lipinski definition) is 5. The number of nitrogens with zero attached hydrogens (tertiary/aromatic N) is 1. The van der Waals surface area contributed by atoms with Crippen LogP contribution < -0.4 is 0 Å². The third kappa shape index (κ3) is 5.77. The van der Waals surface area contributed by atoms with Gasteiger partial charge < -0.3 is 19.1 Å². The molecule has 0 amide bonds. The predicted molar refractivity (Wildman–Crippen MR) is 77.8 cm³/mol. The lowest BCUT2D eigenvalue weighted by Crippen LogP contribution is -2.40. The van der Waals surface area contributed by atoms with Crippen LogP contribution in [0.2, 0.25) is 0 Å². The minimum atomic E-state index is -0.908. The molecule has 1 unspecified atom stereocenters. The molecule has 0 bridgehead atoms. The summed E-state index contributed by atoms with van der Waals surface area (Å²) in [5.41, 5.74) is -0.908. The van der Waals surface area contributed by atoms with E-state index in [4.69, 9.17) is 14.2 Å². The van der Waals surface area contributed by atoms with Crippen molar-refractivity contribution in [2.45, 2.75) is 52.2 Å². The van der Waals surface area contributed by atoms with Gasteiger partial charge in [0.15, 0.2) is 5.60 Å². The lowest BCUT2D eigenvalue weighted by molar-refractivity contribution is -0.171. The van der Waals surface area contributed by atoms with Crippen molar-refractivity contribution in [1.29, 1.82) is 0 Å². The fourth-order valence-corrected chi connectivity index (χ4v) is 2.12. The first-order chi connectivity index (χ1) is 9.49. The molecule has 5 heteroatoms. The average molecular weight is 287 g/mol. The van der Waals surface area contributed by atoms with Crippen molar-refractivity contribution in [3.8, 4) is 0 Å². The topological polar surface area (TPSA) is 48.0 Å². The van der Waals surface area contributed by atoms with Crippen molar-refractivity contribution in [2.24, 2.45) is 0 Å². The fourth-order valence-electron chi connectivity index (χ4n) is 2.12. The molecule has 1 saturated heterocycles. The van der Waals surface area contributed by atoms with Gasteiger partial charge in [0.25, 0.3) is 0 Å². The maximum Gasteiger partial charge on any atom is 0.337 e. The third-order valence-corrected chi connectivity index (χ3v) is 3.68. The zero-order valence-electron chi connectivity index (χ0n) is 13.3. The van der Waals surface area contributed by atoms with E-state index in [1.807, 2.05) is 0 Å². The van der Waals surface area contributed by atoms with Gasteiger partial charge in [0.1, 0.15) is 6.61 Å². The Morgan fingerprint density at radius 2 is 2.05 bits per heavy atom. The van der Waals surface area contributed by atoms with Crippen LogP contribution in [0.15, 0.2) is 0 Å². The highest BCUT2D eigenvalue weighted by atomic mass is 16.6. The van der Waals surface area contributed by atoms with Gasteiger partial charge in [0, 0.05) is 13.2 Å². The van der Waals surface area contributed by atoms with Gasteiger partial charge >= 0.3 is 5.97 Å². The van der Waals surface area contributed by atoms with E-state index in [1.54, 1.807) is 13.8 Å². The van der Waals surface area contributed by atoms with E-state index >= 15 is 0 Å². The molecule has 0 aromatic rings. The van der Waals surface area contributed by atoms with Gasteiger partial charge in [-0.25, -0.2) is 4.79 Å². The van der Waals surface area contributed by atoms with Gasteiger partial charge in [-0.3, -0.25) is 0 Å². The van der Waals surface area contributed by atoms with Gasteiger partial charge in [0.05, 0.1) is 12.7 Å². The maximum absolute atomic E-state index is 12.0. The molecular weight excluding hydrogens is 258 g/mol. The Morgan fingerprint density at radius 1 is 1.35 bits per heavy atom. The standard InChI is InChI=1S/C15H29NO4/c1-5-16(6-2)9-11-19-14(17)15(3,4)20-12-13-8-7-10-18-13/h13H,5-12H2,1-4H3. The lowest BCUT2D eigenvalue weighted by atomic mass is 10.1. The van der Waals surface area contributed by atoms with Crippen molar-refractivity contribution in [1.82, 2.24) is 4.90 Å². The normalized spacial score (nSPS) is 19.6. The van der Waals surface area contributed by atoms with Gasteiger partial charge in [-0.2, -0.15) is 0 Å². The third-order valence-electron chi connectivity index (χ3n) is 3.68. The Bertz CT molecular complexity index is 284. The molecular formula is C15H29NO4. The van der Waals surface area contributed by atoms with Crippen molar-refractivity contribution in [3.05, 3.63) is 0 Å². The number of ether oxygens (including phenoxy) is 3. The van der Waals surface area contributed by atoms with Crippen LogP contribution in [0.5, 0.6) is 0 Å². The van der Waals surface area contributed by atoms with Crippen molar-refractivity contribution < 1.29 is 19.0 Å². The van der Waals surface area contributed by atoms with Crippen LogP contribution in [0, 0.1) is 0 Å². The SMILES string of the molecule is CCN(CC)CCOC(=O)C(C)(C)OCC1CCCO1. The van der Waals surface area contributed by atoms with Crippen LogP contribution in [-0.2, 0) is 19.0 Å². The van der Waals surface area contributed by atoms with E-state index in [0.717, 1.165) is 39.1 Å². The summed E-state index contributed by atoms with van der Waals surface area (Å²) in [5.74, 6) is -0.303. The summed E-state index contributed by atoms with van der Waals surface area (Å²) in [5, 5.41) is 0. The second-order valence-electron chi connectivity index (χ2n) is 5.62. The molecule has 20 heavy (non-hydrogen) atoms. The summed E-state index contributed by atoms with van der Waals surface area (Å²) >= 11 is 0. The highest BCUT2D eigenvalue weighted by molar-refractivity contribution is 5.78. The molecule has 0 radical (unpaired) electrons. The summed E-state index contributed by atoms with van der Waals surface area (Å²) in [7, 11) is 0. The van der Waals surface area contributed by atoms with Gasteiger partial charge in [0.2, 0.25) is 0 Å². The minimum absolute atomic E-state index is 0.123. The average Bonchev–Trinajstić information content (AvgIpc) is 2.94. The summed E-state index contributed by atoms with van der Waals surface area (Å²) in [6.45, 7) is 12.1. The molecule has 1 aliphatic heterocycles. The van der Waals surface area contributed by atoms with Gasteiger partial charge in [-0.05, 0) is 39.8 Å². The molecule has 1 fully saturated rings. The second kappa shape index (κ2) is 8.60. The molecule has 5 nitrogen and oxygen atoms in total. The van der Waals surface area contributed by atoms with Gasteiger partial charge in [-0.15, -0.1) is 0 Å². The summed E-state index contributed by atoms with van der Waals surface area (Å²) in [6, 6.07) is 0. The van der Waals surface area contributed by atoms with E-state index < -0.39 is 5.60 Å². The first-order valence-electron chi connectivity index (χ1n) is 7.64. The highest BCUT2D eigenvalue weighted by Gasteiger charge is 2.32. The monoisotopic (exact) mass is 287 g/mol. The Balaban J connectivity index is 2.24. The van der Waals surface area contributed by atoms with E-state index in [9.17, 15) is 4.79 Å². The molecule has 118 valence electrons. The molecule has 1 rings (SSSR count). The van der Waals surface area contributed by atoms with Gasteiger partial charge in [-0.1, -0.05) is 13.8 Å². The predicted octanol–water partition coefficient (Wildman–Crippen LogP) is 1.85. The Kier molecular flexibility index (Phi) is 7.48. The number of hydrogen-bond donors (Lipinski definition) is 0. The summed E-state index contributed by atoms with van der Waals surface area (Å²) in [4.78, 5) is 14.2. The Labute approximate surface area is 122 Å². The van der Waals surface area contributed by atoms with Crippen LogP contribution >= 0.6 is 0 Å². The van der Waals surface area contributed by atoms with E-state index in [1.165, 1.54) is 0 Å². The Morgan fingerprint density at radius 3 is 2.60 bits per heavy atom. The van der Waals surface area contributed by atoms with Crippen LogP contribution in [0.3, 0.4) is 0 Å². The smallest absolute Gasteiger partial charge is 0.337 e. The molecule has 0 aliphatic carbocycles. The zero-order chi connectivity index (χ0) is 15.0. The summed E-state index contributed by atoms with van der Waals surface area (Å²) in [6.07, 6.45) is 2.20. The molecule has 1 atom stereocenters. The molecule has 0 spiro atoms. The molecule has 0 saturated carbocycles. The first kappa shape index (κ1) is 17.4. The maximum atomic E-state index is 12.0. The van der Waals surface area contributed by atoms with E-state index in [0.29, 0.717) is 13.2 Å². The fraction of sp³-hybridized carbons (Fsp3) is 0.933. The number of likely N-dealkylation sites (N-methyl/N-ethyl adjacent to an activating group) is 1. The quantitative estimate of drug-likeness (QED) is 0.606. The van der Waals surface area contributed by atoms with E-state index in [-0.39, 0.29) is 12.1 Å². The first-order valence-corrected chi connectivity index (χ1v) is 7.64. The van der Waals surface area contributed by atoms with Crippen LogP contribution in [0.4, 0.5) is 0 Å². The van der Waals surface area contributed by atoms with Crippen LogP contribution in [0.1, 0.15) is 40.5 Å². The second-order valence-corrected chi connectivity index (χ2v) is 5.62. The highest BCUT2D eigenvalue weighted by Crippen LogP contribution is 2.17. The number of carbonyl (C=O) groups excluding carboxylic acids is 1. The van der Waals surface area contributed by atoms with Crippen molar-refractivity contribution in [2.75, 3.05) is 39.5 Å². The largest absolute Gasteiger partial charge is 0.462 e. The molecule has 1 heterocycles. The zero-order valence-corrected chi connectivity index (χ0v) is 13.3. The number of esters is 1. The minimum Gasteiger partial charge on any atom is -0.462 e. The molecule has 0 N–H and O–H groups in total. The van der Waals surface area contributed by atoms with E-state index in [2.05, 4.69) is 18.7 Å². The van der Waals surface area contributed by atoms with Crippen LogP contribution in [0.25, 0.3) is 0 Å². The molecule has 0 aromatic heterocycles. The summed E-state index contributed by atoms with van der Waals surface area (Å²) < 4.78 is 16.5. The molecule has 1 aliphatic rings. The Hall–Kier alpha value is -0.650. The number of carbonyl (C=O) groups is 1. The lowest BCUT2D eigenvalue weighted by Gasteiger charge is -2.25. The van der Waals surface area contributed by atoms with Crippen LogP contribution in [-0.4, -0.2) is 62.0 Å². The number of rotatable bonds is 9. The molecule has 0 aromatic carbocycles.